The molecule has 252 valence electrons. The Morgan fingerprint density at radius 3 is 1.66 bits per heavy atom. The number of rotatable bonds is 9. The van der Waals surface area contributed by atoms with Crippen LogP contribution in [-0.4, -0.2) is 115 Å². The molecule has 0 bridgehead atoms. The number of nitrogens with zero attached hydrogens (tertiary/aromatic N) is 3. The van der Waals surface area contributed by atoms with Crippen molar-refractivity contribution in [3.8, 4) is 0 Å². The SMILES string of the molecule is CO[C@@H]1O[C@H](COC(=O)C(C)(C)C)[C@@H](O[C@@H]2O[C@H](COC(=O)C(C)(C)C)[C@H](O)[C@H](OC(=O)C(C)(C)C)[C@H]2O)[C@H](O)[C@H]1N=[N+]=[N-]. The van der Waals surface area contributed by atoms with Crippen LogP contribution >= 0.6 is 0 Å². The molecule has 16 nitrogen and oxygen atoms in total. The molecule has 2 aliphatic heterocycles. The Balaban J connectivity index is 2.44. The Morgan fingerprint density at radius 1 is 0.727 bits per heavy atom. The van der Waals surface area contributed by atoms with Crippen LogP contribution in [0.15, 0.2) is 5.11 Å². The average Bonchev–Trinajstić information content (AvgIpc) is 2.90. The van der Waals surface area contributed by atoms with Crippen LogP contribution in [-0.2, 0) is 47.5 Å². The van der Waals surface area contributed by atoms with Crippen LogP contribution in [0.1, 0.15) is 62.3 Å². The maximum absolute atomic E-state index is 12.8. The van der Waals surface area contributed by atoms with Crippen LogP contribution < -0.4 is 0 Å². The fourth-order valence-corrected chi connectivity index (χ4v) is 4.08. The second kappa shape index (κ2) is 14.7. The van der Waals surface area contributed by atoms with Crippen LogP contribution in [0.2, 0.25) is 0 Å². The predicted octanol–water partition coefficient (Wildman–Crippen LogP) is 1.37. The van der Waals surface area contributed by atoms with E-state index in [1.54, 1.807) is 62.3 Å². The van der Waals surface area contributed by atoms with Crippen molar-refractivity contribution in [3.05, 3.63) is 10.4 Å². The van der Waals surface area contributed by atoms with Gasteiger partial charge in [0.1, 0.15) is 49.8 Å². The van der Waals surface area contributed by atoms with Crippen molar-refractivity contribution >= 4 is 17.9 Å². The van der Waals surface area contributed by atoms with E-state index in [2.05, 4.69) is 10.0 Å². The van der Waals surface area contributed by atoms with E-state index in [-0.39, 0.29) is 0 Å². The van der Waals surface area contributed by atoms with Gasteiger partial charge in [0.05, 0.1) is 22.3 Å². The number of carbonyl (C=O) groups is 3. The molecule has 0 aromatic rings. The zero-order valence-corrected chi connectivity index (χ0v) is 27.0. The molecule has 0 aromatic heterocycles. The summed E-state index contributed by atoms with van der Waals surface area (Å²) in [5.41, 5.74) is 6.30. The summed E-state index contributed by atoms with van der Waals surface area (Å²) in [5, 5.41) is 37.1. The predicted molar refractivity (Wildman–Crippen MR) is 150 cm³/mol. The average molecular weight is 634 g/mol. The fraction of sp³-hybridized carbons (Fsp3) is 0.893. The lowest BCUT2D eigenvalue weighted by molar-refractivity contribution is -0.347. The summed E-state index contributed by atoms with van der Waals surface area (Å²) in [5.74, 6) is -1.96. The summed E-state index contributed by atoms with van der Waals surface area (Å²) in [6, 6.07) is -1.34. The smallest absolute Gasteiger partial charge is 0.311 e. The lowest BCUT2D eigenvalue weighted by Crippen LogP contribution is -2.65. The molecular formula is C28H47N3O13. The first kappa shape index (κ1) is 37.6. The molecule has 2 fully saturated rings. The van der Waals surface area contributed by atoms with Crippen molar-refractivity contribution in [1.82, 2.24) is 0 Å². The van der Waals surface area contributed by atoms with Crippen molar-refractivity contribution in [2.24, 2.45) is 21.4 Å². The summed E-state index contributed by atoms with van der Waals surface area (Å²) in [4.78, 5) is 40.4. The zero-order chi connectivity index (χ0) is 33.8. The molecular weight excluding hydrogens is 586 g/mol. The summed E-state index contributed by atoms with van der Waals surface area (Å²) in [6.07, 6.45) is -13.8. The second-order valence-electron chi connectivity index (χ2n) is 13.9. The lowest BCUT2D eigenvalue weighted by atomic mass is 9.94. The van der Waals surface area contributed by atoms with Crippen LogP contribution in [0.4, 0.5) is 0 Å². The largest absolute Gasteiger partial charge is 0.462 e. The van der Waals surface area contributed by atoms with E-state index in [1.807, 2.05) is 0 Å². The molecule has 0 saturated carbocycles. The van der Waals surface area contributed by atoms with Crippen molar-refractivity contribution in [2.75, 3.05) is 20.3 Å². The minimum atomic E-state index is -1.83. The minimum absolute atomic E-state index is 0.443. The van der Waals surface area contributed by atoms with Crippen LogP contribution in [0.25, 0.3) is 10.4 Å². The highest BCUT2D eigenvalue weighted by atomic mass is 16.7. The van der Waals surface area contributed by atoms with Gasteiger partial charge in [0.25, 0.3) is 0 Å². The first-order valence-corrected chi connectivity index (χ1v) is 14.3. The van der Waals surface area contributed by atoms with E-state index in [0.717, 1.165) is 0 Å². The van der Waals surface area contributed by atoms with Gasteiger partial charge in [-0.25, -0.2) is 0 Å². The summed E-state index contributed by atoms with van der Waals surface area (Å²) >= 11 is 0. The van der Waals surface area contributed by atoms with Gasteiger partial charge in [-0.3, -0.25) is 14.4 Å². The number of aliphatic hydroxyl groups excluding tert-OH is 3. The molecule has 10 atom stereocenters. The van der Waals surface area contributed by atoms with E-state index < -0.39 is 109 Å². The molecule has 0 amide bonds. The summed E-state index contributed by atoms with van der Waals surface area (Å²) < 4.78 is 39.0. The molecule has 44 heavy (non-hydrogen) atoms. The van der Waals surface area contributed by atoms with E-state index in [9.17, 15) is 29.7 Å². The van der Waals surface area contributed by atoms with Gasteiger partial charge in [-0.1, -0.05) is 5.11 Å². The number of methoxy groups -OCH3 is 1. The number of carbonyl (C=O) groups excluding carboxylic acids is 3. The van der Waals surface area contributed by atoms with E-state index in [4.69, 9.17) is 38.7 Å². The standard InChI is InChI=1S/C28H47N3O13/c1-26(2,3)23(35)39-11-13-16(32)20(44-25(37)28(7,8)9)18(34)22(41-13)43-19-14(12-40-24(36)27(4,5)6)42-21(38-10)15(17(19)33)30-31-29/h13-22,32-34H,11-12H2,1-10H3/t13-,14-,15-,16+,17-,18-,19-,20+,21-,22+/m1/s1. The van der Waals surface area contributed by atoms with Crippen LogP contribution in [0.5, 0.6) is 0 Å². The number of ether oxygens (including phenoxy) is 7. The lowest BCUT2D eigenvalue weighted by Gasteiger charge is -2.47. The molecule has 2 aliphatic rings. The maximum atomic E-state index is 12.8. The molecule has 0 spiro atoms. The molecule has 2 rings (SSSR count). The van der Waals surface area contributed by atoms with Crippen LogP contribution in [0.3, 0.4) is 0 Å². The third-order valence-corrected chi connectivity index (χ3v) is 6.83. The third kappa shape index (κ3) is 9.47. The van der Waals surface area contributed by atoms with Crippen molar-refractivity contribution in [2.45, 2.75) is 124 Å². The van der Waals surface area contributed by atoms with E-state index in [0.29, 0.717) is 0 Å². The van der Waals surface area contributed by atoms with E-state index in [1.165, 1.54) is 7.11 Å². The first-order valence-electron chi connectivity index (χ1n) is 14.3. The number of hydrogen-bond donors (Lipinski definition) is 3. The van der Waals surface area contributed by atoms with Gasteiger partial charge in [-0.2, -0.15) is 0 Å². The molecule has 0 unspecified atom stereocenters. The van der Waals surface area contributed by atoms with Crippen molar-refractivity contribution in [1.29, 1.82) is 0 Å². The topological polar surface area (TPSA) is 225 Å². The molecule has 2 heterocycles. The molecule has 0 aromatic carbocycles. The maximum Gasteiger partial charge on any atom is 0.311 e. The van der Waals surface area contributed by atoms with Crippen molar-refractivity contribution < 1.29 is 62.9 Å². The normalized spacial score (nSPS) is 33.1. The molecule has 0 aliphatic carbocycles. The highest BCUT2D eigenvalue weighted by molar-refractivity contribution is 5.76. The monoisotopic (exact) mass is 633 g/mol. The minimum Gasteiger partial charge on any atom is -0.462 e. The van der Waals surface area contributed by atoms with Gasteiger partial charge < -0.3 is 48.5 Å². The number of azide groups is 1. The Labute approximate surface area is 256 Å². The highest BCUT2D eigenvalue weighted by Crippen LogP contribution is 2.33. The van der Waals surface area contributed by atoms with Crippen LogP contribution in [0, 0.1) is 16.2 Å². The number of esters is 3. The summed E-state index contributed by atoms with van der Waals surface area (Å²) in [7, 11) is 1.25. The quantitative estimate of drug-likeness (QED) is 0.107. The Morgan fingerprint density at radius 2 is 1.20 bits per heavy atom. The fourth-order valence-electron chi connectivity index (χ4n) is 4.08. The van der Waals surface area contributed by atoms with Gasteiger partial charge in [0.2, 0.25) is 0 Å². The molecule has 0 radical (unpaired) electrons. The van der Waals surface area contributed by atoms with Gasteiger partial charge in [0, 0.05) is 12.0 Å². The third-order valence-electron chi connectivity index (χ3n) is 6.83. The van der Waals surface area contributed by atoms with Crippen molar-refractivity contribution in [3.63, 3.8) is 0 Å². The summed E-state index contributed by atoms with van der Waals surface area (Å²) in [6.45, 7) is 13.6. The van der Waals surface area contributed by atoms with Gasteiger partial charge in [-0.15, -0.1) is 0 Å². The van der Waals surface area contributed by atoms with Gasteiger partial charge in [0.15, 0.2) is 18.7 Å². The van der Waals surface area contributed by atoms with E-state index >= 15 is 0 Å². The highest BCUT2D eigenvalue weighted by Gasteiger charge is 2.53. The number of aliphatic hydroxyl groups is 3. The van der Waals surface area contributed by atoms with Gasteiger partial charge >= 0.3 is 17.9 Å². The molecule has 2 saturated heterocycles. The Kier molecular flexibility index (Phi) is 12.6. The molecule has 16 heteroatoms. The Bertz CT molecular complexity index is 1060. The second-order valence-corrected chi connectivity index (χ2v) is 13.9. The first-order chi connectivity index (χ1) is 20.1. The molecule has 3 N–H and O–H groups in total. The number of hydrogen-bond acceptors (Lipinski definition) is 14. The van der Waals surface area contributed by atoms with Gasteiger partial charge in [-0.05, 0) is 67.8 Å². The zero-order valence-electron chi connectivity index (χ0n) is 27.0. The Hall–Kier alpha value is -2.56.